The smallest absolute Gasteiger partial charge is 0.132 e. The van der Waals surface area contributed by atoms with E-state index in [4.69, 9.17) is 4.74 Å². The first-order chi connectivity index (χ1) is 12.1. The number of thioether (sulfide) groups is 2. The van der Waals surface area contributed by atoms with Gasteiger partial charge in [0.1, 0.15) is 18.1 Å². The van der Waals surface area contributed by atoms with Crippen molar-refractivity contribution < 1.29 is 9.84 Å². The standard InChI is InChI=1S/C20H25NO2S2/c1-14(12-24-19-9-5-6-15(2)20(19)22)10-21-16-11-23-17-7-3-4-8-18(17)25-13-16/h3-9,14,16,21-22H,10-13H2,1-2H3/t14-,16+/m0/s1. The van der Waals surface area contributed by atoms with Crippen LogP contribution in [0.1, 0.15) is 12.5 Å². The van der Waals surface area contributed by atoms with Crippen LogP contribution in [0, 0.1) is 12.8 Å². The van der Waals surface area contributed by atoms with Crippen LogP contribution in [-0.2, 0) is 0 Å². The third kappa shape index (κ3) is 5.09. The number of aryl methyl sites for hydroxylation is 1. The maximum absolute atomic E-state index is 10.1. The van der Waals surface area contributed by atoms with Gasteiger partial charge in [0.15, 0.2) is 0 Å². The summed E-state index contributed by atoms with van der Waals surface area (Å²) < 4.78 is 5.93. The van der Waals surface area contributed by atoms with Gasteiger partial charge in [-0.1, -0.05) is 31.2 Å². The predicted molar refractivity (Wildman–Crippen MR) is 107 cm³/mol. The highest BCUT2D eigenvalue weighted by Crippen LogP contribution is 2.33. The molecule has 0 radical (unpaired) electrons. The largest absolute Gasteiger partial charge is 0.507 e. The van der Waals surface area contributed by atoms with Gasteiger partial charge >= 0.3 is 0 Å². The van der Waals surface area contributed by atoms with Gasteiger partial charge in [0.25, 0.3) is 0 Å². The summed E-state index contributed by atoms with van der Waals surface area (Å²) in [7, 11) is 0. The highest BCUT2D eigenvalue weighted by molar-refractivity contribution is 7.99. The molecule has 0 spiro atoms. The Labute approximate surface area is 158 Å². The first-order valence-corrected chi connectivity index (χ1v) is 10.6. The lowest BCUT2D eigenvalue weighted by Gasteiger charge is -2.19. The minimum atomic E-state index is 0.359. The van der Waals surface area contributed by atoms with Crippen molar-refractivity contribution in [2.45, 2.75) is 29.7 Å². The third-order valence-electron chi connectivity index (χ3n) is 4.21. The van der Waals surface area contributed by atoms with Gasteiger partial charge in [-0.25, -0.2) is 0 Å². The molecule has 0 aromatic heterocycles. The zero-order valence-corrected chi connectivity index (χ0v) is 16.3. The summed E-state index contributed by atoms with van der Waals surface area (Å²) in [6.07, 6.45) is 0. The molecule has 0 saturated carbocycles. The Bertz CT molecular complexity index is 681. The highest BCUT2D eigenvalue weighted by Gasteiger charge is 2.18. The lowest BCUT2D eigenvalue weighted by Crippen LogP contribution is -2.39. The summed E-state index contributed by atoms with van der Waals surface area (Å²) in [4.78, 5) is 2.20. The summed E-state index contributed by atoms with van der Waals surface area (Å²) >= 11 is 3.58. The van der Waals surface area contributed by atoms with Gasteiger partial charge in [-0.2, -0.15) is 0 Å². The average molecular weight is 376 g/mol. The van der Waals surface area contributed by atoms with E-state index in [-0.39, 0.29) is 0 Å². The number of ether oxygens (including phenoxy) is 1. The maximum Gasteiger partial charge on any atom is 0.132 e. The second-order valence-electron chi connectivity index (χ2n) is 6.51. The molecule has 0 bridgehead atoms. The molecular formula is C20H25NO2S2. The van der Waals surface area contributed by atoms with Gasteiger partial charge < -0.3 is 15.2 Å². The molecular weight excluding hydrogens is 350 g/mol. The van der Waals surface area contributed by atoms with Crippen LogP contribution in [0.2, 0.25) is 0 Å². The molecule has 0 fully saturated rings. The molecule has 1 aliphatic heterocycles. The molecule has 3 rings (SSSR count). The number of fused-ring (bicyclic) bond motifs is 1. The number of benzene rings is 2. The molecule has 134 valence electrons. The van der Waals surface area contributed by atoms with E-state index < -0.39 is 0 Å². The Hall–Kier alpha value is -1.30. The maximum atomic E-state index is 10.1. The Kier molecular flexibility index (Phi) is 6.57. The van der Waals surface area contributed by atoms with Crippen molar-refractivity contribution in [1.82, 2.24) is 5.32 Å². The van der Waals surface area contributed by atoms with E-state index in [0.29, 0.717) is 24.3 Å². The fraction of sp³-hybridized carbons (Fsp3) is 0.400. The number of phenolic OH excluding ortho intramolecular Hbond substituents is 1. The number of hydrogen-bond acceptors (Lipinski definition) is 5. The number of nitrogens with one attached hydrogen (secondary N) is 1. The number of hydrogen-bond donors (Lipinski definition) is 2. The normalized spacial score (nSPS) is 18.1. The van der Waals surface area contributed by atoms with Crippen LogP contribution in [0.25, 0.3) is 0 Å². The van der Waals surface area contributed by atoms with Gasteiger partial charge in [-0.3, -0.25) is 0 Å². The summed E-state index contributed by atoms with van der Waals surface area (Å²) in [6.45, 7) is 5.84. The lowest BCUT2D eigenvalue weighted by molar-refractivity contribution is 0.270. The number of aromatic hydroxyl groups is 1. The quantitative estimate of drug-likeness (QED) is 0.724. The summed E-state index contributed by atoms with van der Waals surface area (Å²) in [6, 6.07) is 14.5. The second kappa shape index (κ2) is 8.88. The van der Waals surface area contributed by atoms with Crippen molar-refractivity contribution in [2.24, 2.45) is 5.92 Å². The van der Waals surface area contributed by atoms with Gasteiger partial charge in [-0.05, 0) is 43.1 Å². The van der Waals surface area contributed by atoms with E-state index in [0.717, 1.165) is 34.3 Å². The molecule has 2 aromatic carbocycles. The predicted octanol–water partition coefficient (Wildman–Crippen LogP) is 4.57. The third-order valence-corrected chi connectivity index (χ3v) is 6.80. The van der Waals surface area contributed by atoms with E-state index in [1.807, 2.05) is 49.0 Å². The first kappa shape index (κ1) is 18.5. The fourth-order valence-electron chi connectivity index (χ4n) is 2.64. The minimum absolute atomic E-state index is 0.359. The van der Waals surface area contributed by atoms with Crippen molar-refractivity contribution >= 4 is 23.5 Å². The van der Waals surface area contributed by atoms with Crippen LogP contribution in [0.4, 0.5) is 0 Å². The molecule has 5 heteroatoms. The second-order valence-corrected chi connectivity index (χ2v) is 8.64. The number of para-hydroxylation sites is 2. The molecule has 25 heavy (non-hydrogen) atoms. The molecule has 0 amide bonds. The van der Waals surface area contributed by atoms with Crippen LogP contribution >= 0.6 is 23.5 Å². The van der Waals surface area contributed by atoms with E-state index in [1.54, 1.807) is 11.8 Å². The minimum Gasteiger partial charge on any atom is -0.507 e. The van der Waals surface area contributed by atoms with Gasteiger partial charge in [-0.15, -0.1) is 23.5 Å². The van der Waals surface area contributed by atoms with Crippen LogP contribution in [0.3, 0.4) is 0 Å². The van der Waals surface area contributed by atoms with Gasteiger partial charge in [0, 0.05) is 21.3 Å². The summed E-state index contributed by atoms with van der Waals surface area (Å²) in [5, 5.41) is 13.7. The SMILES string of the molecule is Cc1cccc(SC[C@@H](C)CN[C@@H]2COc3ccccc3SC2)c1O. The fourth-order valence-corrected chi connectivity index (χ4v) is 4.74. The Balaban J connectivity index is 1.43. The first-order valence-electron chi connectivity index (χ1n) is 8.63. The molecule has 2 N–H and O–H groups in total. The summed E-state index contributed by atoms with van der Waals surface area (Å²) in [5.41, 5.74) is 0.933. The van der Waals surface area contributed by atoms with Crippen molar-refractivity contribution in [3.05, 3.63) is 48.0 Å². The zero-order valence-electron chi connectivity index (χ0n) is 14.7. The van der Waals surface area contributed by atoms with Crippen molar-refractivity contribution in [3.8, 4) is 11.5 Å². The highest BCUT2D eigenvalue weighted by atomic mass is 32.2. The van der Waals surface area contributed by atoms with E-state index in [9.17, 15) is 5.11 Å². The van der Waals surface area contributed by atoms with Crippen LogP contribution in [0.5, 0.6) is 11.5 Å². The Morgan fingerprint density at radius 2 is 2.12 bits per heavy atom. The molecule has 0 unspecified atom stereocenters. The molecule has 0 aliphatic carbocycles. The molecule has 2 aromatic rings. The van der Waals surface area contributed by atoms with Crippen molar-refractivity contribution in [1.29, 1.82) is 0 Å². The lowest BCUT2D eigenvalue weighted by atomic mass is 10.2. The molecule has 2 atom stereocenters. The van der Waals surface area contributed by atoms with Crippen molar-refractivity contribution in [2.75, 3.05) is 24.7 Å². The van der Waals surface area contributed by atoms with Crippen LogP contribution in [-0.4, -0.2) is 35.8 Å². The molecule has 3 nitrogen and oxygen atoms in total. The van der Waals surface area contributed by atoms with Gasteiger partial charge in [0.05, 0.1) is 6.04 Å². The van der Waals surface area contributed by atoms with E-state index in [1.165, 1.54) is 4.90 Å². The van der Waals surface area contributed by atoms with Crippen LogP contribution < -0.4 is 10.1 Å². The monoisotopic (exact) mass is 375 g/mol. The van der Waals surface area contributed by atoms with Gasteiger partial charge in [0.2, 0.25) is 0 Å². The van der Waals surface area contributed by atoms with Crippen molar-refractivity contribution in [3.63, 3.8) is 0 Å². The topological polar surface area (TPSA) is 41.5 Å². The molecule has 1 heterocycles. The summed E-state index contributed by atoms with van der Waals surface area (Å²) in [5.74, 6) is 3.93. The zero-order chi connectivity index (χ0) is 17.6. The Morgan fingerprint density at radius 1 is 1.28 bits per heavy atom. The Morgan fingerprint density at radius 3 is 3.00 bits per heavy atom. The molecule has 1 aliphatic rings. The number of rotatable bonds is 6. The van der Waals surface area contributed by atoms with E-state index in [2.05, 4.69) is 24.4 Å². The average Bonchev–Trinajstić information content (AvgIpc) is 2.84. The molecule has 0 saturated heterocycles. The van der Waals surface area contributed by atoms with E-state index >= 15 is 0 Å². The van der Waals surface area contributed by atoms with Crippen LogP contribution in [0.15, 0.2) is 52.3 Å². The number of phenols is 1.